The third kappa shape index (κ3) is 4.65. The number of nitrogens with zero attached hydrogens (tertiary/aromatic N) is 4. The van der Waals surface area contributed by atoms with E-state index < -0.39 is 0 Å². The van der Waals surface area contributed by atoms with Gasteiger partial charge in [0.25, 0.3) is 5.91 Å². The highest BCUT2D eigenvalue weighted by Crippen LogP contribution is 2.22. The van der Waals surface area contributed by atoms with E-state index in [1.54, 1.807) is 18.6 Å². The normalized spacial score (nSPS) is 13.5. The van der Waals surface area contributed by atoms with Crippen molar-refractivity contribution >= 4 is 22.6 Å². The van der Waals surface area contributed by atoms with Crippen molar-refractivity contribution in [2.75, 3.05) is 25.1 Å². The third-order valence-corrected chi connectivity index (χ3v) is 5.65. The smallest absolute Gasteiger partial charge is 0.252 e. The molecule has 1 aromatic carbocycles. The van der Waals surface area contributed by atoms with Gasteiger partial charge in [-0.15, -0.1) is 0 Å². The molecular weight excluding hydrogens is 416 g/mol. The molecule has 33 heavy (non-hydrogen) atoms. The molecule has 166 valence electrons. The van der Waals surface area contributed by atoms with Gasteiger partial charge < -0.3 is 15.4 Å². The van der Waals surface area contributed by atoms with Crippen LogP contribution >= 0.6 is 0 Å². The van der Waals surface area contributed by atoms with Gasteiger partial charge >= 0.3 is 0 Å². The van der Waals surface area contributed by atoms with Crippen molar-refractivity contribution in [2.24, 2.45) is 0 Å². The number of nitrogens with one attached hydrogen (secondary N) is 2. The fraction of sp³-hybridized carbons (Fsp3) is 0.240. The van der Waals surface area contributed by atoms with Gasteiger partial charge in [-0.2, -0.15) is 0 Å². The number of aryl methyl sites for hydroxylation is 1. The predicted molar refractivity (Wildman–Crippen MR) is 126 cm³/mol. The van der Waals surface area contributed by atoms with Crippen LogP contribution in [0.15, 0.2) is 61.2 Å². The molecule has 1 saturated heterocycles. The first-order valence-electron chi connectivity index (χ1n) is 10.9. The number of hydrogen-bond donors (Lipinski definition) is 2. The summed E-state index contributed by atoms with van der Waals surface area (Å²) in [5.41, 5.74) is 5.27. The average Bonchev–Trinajstić information content (AvgIpc) is 2.82. The molecule has 0 atom stereocenters. The predicted octanol–water partition coefficient (Wildman–Crippen LogP) is 3.18. The summed E-state index contributed by atoms with van der Waals surface area (Å²) < 4.78 is 5.15. The van der Waals surface area contributed by atoms with Gasteiger partial charge in [-0.3, -0.25) is 14.8 Å². The number of rotatable bonds is 7. The molecule has 4 aromatic rings. The van der Waals surface area contributed by atoms with E-state index in [1.807, 2.05) is 49.5 Å². The van der Waals surface area contributed by atoms with Crippen LogP contribution in [-0.4, -0.2) is 51.6 Å². The summed E-state index contributed by atoms with van der Waals surface area (Å²) in [5.74, 6) is 0.654. The lowest BCUT2D eigenvalue weighted by Gasteiger charge is -2.27. The Hall–Kier alpha value is -3.91. The molecule has 1 aliphatic rings. The second-order valence-electron chi connectivity index (χ2n) is 8.03. The van der Waals surface area contributed by atoms with Crippen LogP contribution in [0.4, 0.5) is 5.82 Å². The minimum atomic E-state index is -0.0925. The summed E-state index contributed by atoms with van der Waals surface area (Å²) in [6, 6.07) is 13.7. The molecule has 0 saturated carbocycles. The fourth-order valence-electron chi connectivity index (χ4n) is 3.78. The van der Waals surface area contributed by atoms with Gasteiger partial charge in [0.2, 0.25) is 0 Å². The number of anilines is 1. The Kier molecular flexibility index (Phi) is 5.91. The largest absolute Gasteiger partial charge is 0.377 e. The molecular formula is C25H24N6O2. The van der Waals surface area contributed by atoms with E-state index in [2.05, 4.69) is 30.6 Å². The van der Waals surface area contributed by atoms with Crippen molar-refractivity contribution in [3.05, 3.63) is 78.0 Å². The lowest BCUT2D eigenvalue weighted by atomic mass is 10.0. The van der Waals surface area contributed by atoms with E-state index in [0.29, 0.717) is 25.3 Å². The van der Waals surface area contributed by atoms with Gasteiger partial charge in [-0.05, 0) is 37.1 Å². The number of carbonyl (C=O) groups is 1. The molecule has 3 aromatic heterocycles. The molecule has 0 aliphatic carbocycles. The Labute approximate surface area is 191 Å². The Balaban J connectivity index is 1.29. The van der Waals surface area contributed by atoms with Crippen molar-refractivity contribution in [2.45, 2.75) is 19.4 Å². The summed E-state index contributed by atoms with van der Waals surface area (Å²) in [6.07, 6.45) is 5.79. The summed E-state index contributed by atoms with van der Waals surface area (Å²) in [5, 5.41) is 7.22. The molecule has 1 fully saturated rings. The highest BCUT2D eigenvalue weighted by atomic mass is 16.5. The minimum absolute atomic E-state index is 0.0848. The average molecular weight is 441 g/mol. The van der Waals surface area contributed by atoms with Gasteiger partial charge in [0, 0.05) is 41.6 Å². The van der Waals surface area contributed by atoms with Crippen molar-refractivity contribution in [3.8, 4) is 11.3 Å². The molecule has 4 heterocycles. The van der Waals surface area contributed by atoms with Crippen LogP contribution < -0.4 is 10.6 Å². The molecule has 2 N–H and O–H groups in total. The molecule has 0 spiro atoms. The highest BCUT2D eigenvalue weighted by Gasteiger charge is 2.22. The lowest BCUT2D eigenvalue weighted by Crippen LogP contribution is -2.48. The first-order chi connectivity index (χ1) is 16.2. The van der Waals surface area contributed by atoms with Crippen LogP contribution in [0.25, 0.3) is 22.2 Å². The van der Waals surface area contributed by atoms with Crippen LogP contribution in [0, 0.1) is 6.92 Å². The van der Waals surface area contributed by atoms with Crippen LogP contribution in [-0.2, 0) is 11.2 Å². The monoisotopic (exact) mass is 440 g/mol. The quantitative estimate of drug-likeness (QED) is 0.455. The number of fused-ring (bicyclic) bond motifs is 1. The van der Waals surface area contributed by atoms with Crippen LogP contribution in [0.2, 0.25) is 0 Å². The van der Waals surface area contributed by atoms with Gasteiger partial charge in [0.1, 0.15) is 12.1 Å². The van der Waals surface area contributed by atoms with Gasteiger partial charge in [-0.25, -0.2) is 9.97 Å². The maximum absolute atomic E-state index is 12.7. The van der Waals surface area contributed by atoms with Crippen LogP contribution in [0.5, 0.6) is 0 Å². The topological polar surface area (TPSA) is 102 Å². The van der Waals surface area contributed by atoms with Crippen molar-refractivity contribution in [1.82, 2.24) is 25.3 Å². The number of amides is 1. The second-order valence-corrected chi connectivity index (χ2v) is 8.03. The van der Waals surface area contributed by atoms with E-state index >= 15 is 0 Å². The maximum Gasteiger partial charge on any atom is 0.252 e. The molecule has 8 heteroatoms. The minimum Gasteiger partial charge on any atom is -0.377 e. The number of para-hydroxylation sites is 1. The SMILES string of the molecule is Cc1ccc(-c2cc(NCCc3cccc4c(C(=O)NC5COC5)ccnc34)ncn2)cn1. The first kappa shape index (κ1) is 21.0. The van der Waals surface area contributed by atoms with Gasteiger partial charge in [0.05, 0.1) is 36.0 Å². The Morgan fingerprint density at radius 2 is 2.00 bits per heavy atom. The number of aromatic nitrogens is 4. The van der Waals surface area contributed by atoms with Crippen LogP contribution in [0.3, 0.4) is 0 Å². The van der Waals surface area contributed by atoms with E-state index in [9.17, 15) is 4.79 Å². The number of ether oxygens (including phenoxy) is 1. The van der Waals surface area contributed by atoms with Gasteiger partial charge in [-0.1, -0.05) is 18.2 Å². The number of hydrogen-bond acceptors (Lipinski definition) is 7. The number of carbonyl (C=O) groups excluding carboxylic acids is 1. The Bertz CT molecular complexity index is 1290. The van der Waals surface area contributed by atoms with E-state index in [0.717, 1.165) is 45.7 Å². The first-order valence-corrected chi connectivity index (χ1v) is 10.9. The van der Waals surface area contributed by atoms with E-state index in [4.69, 9.17) is 4.74 Å². The second kappa shape index (κ2) is 9.30. The maximum atomic E-state index is 12.7. The molecule has 1 aliphatic heterocycles. The fourth-order valence-corrected chi connectivity index (χ4v) is 3.78. The molecule has 1 amide bonds. The molecule has 8 nitrogen and oxygen atoms in total. The molecule has 5 rings (SSSR count). The summed E-state index contributed by atoms with van der Waals surface area (Å²) in [4.78, 5) is 30.3. The molecule has 0 radical (unpaired) electrons. The standard InChI is InChI=1S/C25H24N6O2/c1-16-5-6-18(12-28-16)22-11-23(30-15-29-22)26-9-7-17-3-2-4-20-21(8-10-27-24(17)20)25(32)31-19-13-33-14-19/h2-6,8,10-12,15,19H,7,9,13-14H2,1H3,(H,31,32)(H,26,29,30). The Morgan fingerprint density at radius 1 is 1.09 bits per heavy atom. The van der Waals surface area contributed by atoms with Crippen molar-refractivity contribution in [3.63, 3.8) is 0 Å². The van der Waals surface area contributed by atoms with Gasteiger partial charge in [0.15, 0.2) is 0 Å². The lowest BCUT2D eigenvalue weighted by molar-refractivity contribution is -0.00343. The number of benzene rings is 1. The highest BCUT2D eigenvalue weighted by molar-refractivity contribution is 6.06. The summed E-state index contributed by atoms with van der Waals surface area (Å²) in [6.45, 7) is 3.75. The molecule has 0 unspecified atom stereocenters. The summed E-state index contributed by atoms with van der Waals surface area (Å²) >= 11 is 0. The zero-order valence-electron chi connectivity index (χ0n) is 18.3. The Morgan fingerprint density at radius 3 is 2.79 bits per heavy atom. The van der Waals surface area contributed by atoms with E-state index in [1.165, 1.54) is 0 Å². The van der Waals surface area contributed by atoms with Crippen molar-refractivity contribution in [1.29, 1.82) is 0 Å². The molecule has 0 bridgehead atoms. The van der Waals surface area contributed by atoms with E-state index in [-0.39, 0.29) is 11.9 Å². The summed E-state index contributed by atoms with van der Waals surface area (Å²) in [7, 11) is 0. The van der Waals surface area contributed by atoms with Crippen LogP contribution in [0.1, 0.15) is 21.6 Å². The van der Waals surface area contributed by atoms with Crippen molar-refractivity contribution < 1.29 is 9.53 Å². The third-order valence-electron chi connectivity index (χ3n) is 5.65. The zero-order valence-corrected chi connectivity index (χ0v) is 18.3. The number of pyridine rings is 2. The zero-order chi connectivity index (χ0) is 22.6.